The summed E-state index contributed by atoms with van der Waals surface area (Å²) in [4.78, 5) is 2.78. The molecule has 2 aliphatic rings. The third-order valence-electron chi connectivity index (χ3n) is 5.49. The Bertz CT molecular complexity index is 292. The van der Waals surface area contributed by atoms with Crippen molar-refractivity contribution in [2.75, 3.05) is 26.2 Å². The van der Waals surface area contributed by atoms with Crippen LogP contribution in [-0.4, -0.2) is 43.3 Å². The molecule has 0 spiro atoms. The van der Waals surface area contributed by atoms with E-state index in [9.17, 15) is 0 Å². The molecule has 3 heteroatoms. The molecule has 0 aromatic carbocycles. The molecular weight excluding hydrogens is 260 g/mol. The Balaban J connectivity index is 1.82. The highest BCUT2D eigenvalue weighted by atomic mass is 16.5. The van der Waals surface area contributed by atoms with Gasteiger partial charge in [0.15, 0.2) is 0 Å². The second-order valence-electron chi connectivity index (χ2n) is 8.07. The standard InChI is InChI=1S/C18H36N2O/c1-18(2,3)16-7-4-5-8-17(16)20-12-9-15(10-13-20)21-14-6-11-19/h15-17H,4-14,19H2,1-3H3. The van der Waals surface area contributed by atoms with Crippen molar-refractivity contribution in [2.45, 2.75) is 77.9 Å². The van der Waals surface area contributed by atoms with Gasteiger partial charge in [0.25, 0.3) is 0 Å². The van der Waals surface area contributed by atoms with E-state index in [0.717, 1.165) is 31.5 Å². The molecule has 1 aliphatic heterocycles. The molecule has 21 heavy (non-hydrogen) atoms. The number of hydrogen-bond donors (Lipinski definition) is 1. The molecule has 0 bridgehead atoms. The lowest BCUT2D eigenvalue weighted by Crippen LogP contribution is -2.50. The van der Waals surface area contributed by atoms with Crippen molar-refractivity contribution in [3.63, 3.8) is 0 Å². The SMILES string of the molecule is CC(C)(C)C1CCCCC1N1CCC(OCCCN)CC1. The average Bonchev–Trinajstić information content (AvgIpc) is 2.47. The number of nitrogens with zero attached hydrogens (tertiary/aromatic N) is 1. The van der Waals surface area contributed by atoms with Crippen LogP contribution in [0.4, 0.5) is 0 Å². The zero-order valence-corrected chi connectivity index (χ0v) is 14.4. The normalized spacial score (nSPS) is 29.7. The molecule has 124 valence electrons. The molecule has 0 aromatic rings. The van der Waals surface area contributed by atoms with Crippen molar-refractivity contribution in [1.29, 1.82) is 0 Å². The molecular formula is C18H36N2O. The summed E-state index contributed by atoms with van der Waals surface area (Å²) in [5.41, 5.74) is 5.98. The molecule has 1 heterocycles. The minimum absolute atomic E-state index is 0.444. The van der Waals surface area contributed by atoms with Gasteiger partial charge in [-0.3, -0.25) is 4.90 Å². The fourth-order valence-corrected chi connectivity index (χ4v) is 4.27. The van der Waals surface area contributed by atoms with E-state index in [2.05, 4.69) is 25.7 Å². The van der Waals surface area contributed by atoms with Gasteiger partial charge in [0.1, 0.15) is 0 Å². The summed E-state index contributed by atoms with van der Waals surface area (Å²) in [6.07, 6.45) is 9.55. The Hall–Kier alpha value is -0.120. The maximum absolute atomic E-state index is 5.95. The Morgan fingerprint density at radius 2 is 1.71 bits per heavy atom. The summed E-state index contributed by atoms with van der Waals surface area (Å²) >= 11 is 0. The number of rotatable bonds is 5. The summed E-state index contributed by atoms with van der Waals surface area (Å²) in [5, 5.41) is 0. The van der Waals surface area contributed by atoms with Gasteiger partial charge in [0.2, 0.25) is 0 Å². The number of nitrogens with two attached hydrogens (primary N) is 1. The summed E-state index contributed by atoms with van der Waals surface area (Å²) in [5.74, 6) is 0.862. The lowest BCUT2D eigenvalue weighted by atomic mass is 9.69. The minimum atomic E-state index is 0.444. The van der Waals surface area contributed by atoms with Crippen molar-refractivity contribution in [3.8, 4) is 0 Å². The van der Waals surface area contributed by atoms with E-state index in [0.29, 0.717) is 11.5 Å². The van der Waals surface area contributed by atoms with Crippen LogP contribution >= 0.6 is 0 Å². The van der Waals surface area contributed by atoms with Gasteiger partial charge in [-0.15, -0.1) is 0 Å². The maximum atomic E-state index is 5.95. The number of hydrogen-bond acceptors (Lipinski definition) is 3. The van der Waals surface area contributed by atoms with Crippen LogP contribution in [0, 0.1) is 11.3 Å². The van der Waals surface area contributed by atoms with Crippen molar-refractivity contribution in [2.24, 2.45) is 17.1 Å². The Labute approximate surface area is 131 Å². The Kier molecular flexibility index (Phi) is 6.51. The van der Waals surface area contributed by atoms with Gasteiger partial charge in [-0.2, -0.15) is 0 Å². The predicted octanol–water partition coefficient (Wildman–Crippen LogP) is 3.42. The maximum Gasteiger partial charge on any atom is 0.0599 e. The Morgan fingerprint density at radius 3 is 2.33 bits per heavy atom. The first-order valence-electron chi connectivity index (χ1n) is 9.08. The summed E-state index contributed by atoms with van der Waals surface area (Å²) in [7, 11) is 0. The van der Waals surface area contributed by atoms with E-state index in [1.165, 1.54) is 51.6 Å². The van der Waals surface area contributed by atoms with Crippen LogP contribution in [0.25, 0.3) is 0 Å². The van der Waals surface area contributed by atoms with E-state index in [1.807, 2.05) is 0 Å². The summed E-state index contributed by atoms with van der Waals surface area (Å²) in [6, 6.07) is 0.809. The van der Waals surface area contributed by atoms with Crippen molar-refractivity contribution in [1.82, 2.24) is 4.90 Å². The van der Waals surface area contributed by atoms with Gasteiger partial charge in [0, 0.05) is 25.7 Å². The first-order valence-corrected chi connectivity index (χ1v) is 9.08. The quantitative estimate of drug-likeness (QED) is 0.790. The zero-order valence-electron chi connectivity index (χ0n) is 14.4. The first-order chi connectivity index (χ1) is 10.0. The molecule has 3 nitrogen and oxygen atoms in total. The van der Waals surface area contributed by atoms with E-state index < -0.39 is 0 Å². The number of piperidine rings is 1. The van der Waals surface area contributed by atoms with Gasteiger partial charge in [-0.1, -0.05) is 33.6 Å². The van der Waals surface area contributed by atoms with E-state index in [-0.39, 0.29) is 0 Å². The number of likely N-dealkylation sites (tertiary alicyclic amines) is 1. The van der Waals surface area contributed by atoms with E-state index in [4.69, 9.17) is 10.5 Å². The lowest BCUT2D eigenvalue weighted by Gasteiger charge is -2.47. The predicted molar refractivity (Wildman–Crippen MR) is 89.4 cm³/mol. The first kappa shape index (κ1) is 17.2. The second-order valence-corrected chi connectivity index (χ2v) is 8.07. The van der Waals surface area contributed by atoms with Crippen LogP contribution in [0.2, 0.25) is 0 Å². The summed E-state index contributed by atoms with van der Waals surface area (Å²) in [6.45, 7) is 11.3. The van der Waals surface area contributed by atoms with Gasteiger partial charge in [-0.25, -0.2) is 0 Å². The third kappa shape index (κ3) is 4.94. The monoisotopic (exact) mass is 296 g/mol. The molecule has 1 saturated heterocycles. The van der Waals surface area contributed by atoms with Crippen LogP contribution in [0.1, 0.15) is 65.7 Å². The van der Waals surface area contributed by atoms with Crippen LogP contribution in [0.5, 0.6) is 0 Å². The van der Waals surface area contributed by atoms with Crippen LogP contribution in [0.3, 0.4) is 0 Å². The molecule has 0 radical (unpaired) electrons. The topological polar surface area (TPSA) is 38.5 Å². The van der Waals surface area contributed by atoms with Crippen LogP contribution < -0.4 is 5.73 Å². The van der Waals surface area contributed by atoms with Crippen molar-refractivity contribution < 1.29 is 4.74 Å². The third-order valence-corrected chi connectivity index (χ3v) is 5.49. The molecule has 0 amide bonds. The summed E-state index contributed by atoms with van der Waals surface area (Å²) < 4.78 is 5.95. The molecule has 2 atom stereocenters. The van der Waals surface area contributed by atoms with Gasteiger partial charge >= 0.3 is 0 Å². The molecule has 2 N–H and O–H groups in total. The van der Waals surface area contributed by atoms with Gasteiger partial charge < -0.3 is 10.5 Å². The highest BCUT2D eigenvalue weighted by Crippen LogP contribution is 2.41. The lowest BCUT2D eigenvalue weighted by molar-refractivity contribution is -0.0281. The highest BCUT2D eigenvalue weighted by Gasteiger charge is 2.38. The van der Waals surface area contributed by atoms with E-state index in [1.54, 1.807) is 0 Å². The molecule has 2 fully saturated rings. The van der Waals surface area contributed by atoms with Crippen molar-refractivity contribution in [3.05, 3.63) is 0 Å². The largest absolute Gasteiger partial charge is 0.378 e. The van der Waals surface area contributed by atoms with Crippen LogP contribution in [0.15, 0.2) is 0 Å². The van der Waals surface area contributed by atoms with Gasteiger partial charge in [0.05, 0.1) is 6.10 Å². The highest BCUT2D eigenvalue weighted by molar-refractivity contribution is 4.91. The van der Waals surface area contributed by atoms with Crippen molar-refractivity contribution >= 4 is 0 Å². The Morgan fingerprint density at radius 1 is 1.05 bits per heavy atom. The fraction of sp³-hybridized carbons (Fsp3) is 1.00. The molecule has 1 aliphatic carbocycles. The average molecular weight is 296 g/mol. The fourth-order valence-electron chi connectivity index (χ4n) is 4.27. The van der Waals surface area contributed by atoms with Gasteiger partial charge in [-0.05, 0) is 50.0 Å². The second kappa shape index (κ2) is 7.94. The molecule has 2 unspecified atom stereocenters. The minimum Gasteiger partial charge on any atom is -0.378 e. The molecule has 1 saturated carbocycles. The molecule has 0 aromatic heterocycles. The zero-order chi connectivity index (χ0) is 15.3. The molecule has 2 rings (SSSR count). The number of ether oxygens (including phenoxy) is 1. The van der Waals surface area contributed by atoms with Crippen LogP contribution in [-0.2, 0) is 4.74 Å². The van der Waals surface area contributed by atoms with E-state index >= 15 is 0 Å². The smallest absolute Gasteiger partial charge is 0.0599 e.